The fourth-order valence-electron chi connectivity index (χ4n) is 0.790. The van der Waals surface area contributed by atoms with E-state index in [0.29, 0.717) is 0 Å². The molecule has 0 amide bonds. The van der Waals surface area contributed by atoms with Gasteiger partial charge in [-0.2, -0.15) is 0 Å². The minimum absolute atomic E-state index is 0.821. The third-order valence-electron chi connectivity index (χ3n) is 1.36. The molecule has 0 aliphatic carbocycles. The molecular formula is C10H16O. The molecule has 62 valence electrons. The first kappa shape index (κ1) is 10.2. The minimum Gasteiger partial charge on any atom is -0.299 e. The van der Waals surface area contributed by atoms with Crippen molar-refractivity contribution in [2.45, 2.75) is 32.6 Å². The van der Waals surface area contributed by atoms with E-state index in [4.69, 9.17) is 0 Å². The number of unbranched alkanes of at least 4 members (excludes halogenated alkanes) is 2. The van der Waals surface area contributed by atoms with Crippen LogP contribution >= 0.6 is 0 Å². The van der Waals surface area contributed by atoms with Gasteiger partial charge in [-0.25, -0.2) is 0 Å². The van der Waals surface area contributed by atoms with Crippen LogP contribution in [0, 0.1) is 0 Å². The zero-order valence-corrected chi connectivity index (χ0v) is 7.12. The van der Waals surface area contributed by atoms with Gasteiger partial charge in [0.15, 0.2) is 0 Å². The molecule has 0 aromatic carbocycles. The maximum atomic E-state index is 9.84. The van der Waals surface area contributed by atoms with Gasteiger partial charge in [0.2, 0.25) is 0 Å². The minimum atomic E-state index is 0.821. The van der Waals surface area contributed by atoms with E-state index in [1.807, 2.05) is 6.08 Å². The van der Waals surface area contributed by atoms with E-state index < -0.39 is 0 Å². The van der Waals surface area contributed by atoms with Crippen molar-refractivity contribution in [2.75, 3.05) is 0 Å². The predicted molar refractivity (Wildman–Crippen MR) is 48.5 cm³/mol. The number of rotatable bonds is 6. The fraction of sp³-hybridized carbons (Fsp3) is 0.500. The topological polar surface area (TPSA) is 17.1 Å². The summed E-state index contributed by atoms with van der Waals surface area (Å²) in [5.74, 6) is 0. The highest BCUT2D eigenvalue weighted by Crippen LogP contribution is 1.97. The summed E-state index contributed by atoms with van der Waals surface area (Å²) in [7, 11) is 0. The molecule has 0 saturated carbocycles. The van der Waals surface area contributed by atoms with Gasteiger partial charge in [0.25, 0.3) is 0 Å². The number of hydrogen-bond acceptors (Lipinski definition) is 1. The van der Waals surface area contributed by atoms with Crippen molar-refractivity contribution in [1.29, 1.82) is 0 Å². The van der Waals surface area contributed by atoms with Gasteiger partial charge in [-0.1, -0.05) is 25.2 Å². The van der Waals surface area contributed by atoms with Crippen molar-refractivity contribution >= 4 is 6.29 Å². The molecule has 0 radical (unpaired) electrons. The van der Waals surface area contributed by atoms with E-state index in [1.54, 1.807) is 6.08 Å². The monoisotopic (exact) mass is 152 g/mol. The lowest BCUT2D eigenvalue weighted by atomic mass is 10.2. The van der Waals surface area contributed by atoms with Gasteiger partial charge in [-0.15, -0.1) is 0 Å². The van der Waals surface area contributed by atoms with Crippen LogP contribution in [0.25, 0.3) is 0 Å². The maximum Gasteiger partial charge on any atom is 0.142 e. The zero-order valence-electron chi connectivity index (χ0n) is 7.12. The van der Waals surface area contributed by atoms with Crippen molar-refractivity contribution in [2.24, 2.45) is 0 Å². The molecule has 0 aromatic rings. The predicted octanol–water partition coefficient (Wildman–Crippen LogP) is 2.88. The summed E-state index contributed by atoms with van der Waals surface area (Å²) in [6.07, 6.45) is 13.0. The van der Waals surface area contributed by atoms with Crippen molar-refractivity contribution in [3.8, 4) is 0 Å². The zero-order chi connectivity index (χ0) is 8.36. The third-order valence-corrected chi connectivity index (χ3v) is 1.36. The highest BCUT2D eigenvalue weighted by atomic mass is 16.1. The molecule has 1 nitrogen and oxygen atoms in total. The molecule has 11 heavy (non-hydrogen) atoms. The van der Waals surface area contributed by atoms with Crippen LogP contribution in [0.3, 0.4) is 0 Å². The Kier molecular flexibility index (Phi) is 8.44. The first-order valence-corrected chi connectivity index (χ1v) is 4.17. The summed E-state index contributed by atoms with van der Waals surface area (Å²) >= 11 is 0. The molecule has 0 aromatic heterocycles. The van der Waals surface area contributed by atoms with Crippen molar-refractivity contribution in [3.63, 3.8) is 0 Å². The highest BCUT2D eigenvalue weighted by molar-refractivity contribution is 5.64. The SMILES string of the molecule is CC/C=C\CCC/C=C/C=O. The second kappa shape index (κ2) is 9.15. The van der Waals surface area contributed by atoms with Crippen LogP contribution in [-0.4, -0.2) is 6.29 Å². The van der Waals surface area contributed by atoms with E-state index in [9.17, 15) is 4.79 Å². The lowest BCUT2D eigenvalue weighted by Crippen LogP contribution is -1.69. The molecule has 0 N–H and O–H groups in total. The molecule has 0 atom stereocenters. The average molecular weight is 152 g/mol. The third kappa shape index (κ3) is 9.15. The fourth-order valence-corrected chi connectivity index (χ4v) is 0.790. The number of aldehydes is 1. The van der Waals surface area contributed by atoms with Gasteiger partial charge < -0.3 is 0 Å². The van der Waals surface area contributed by atoms with Crippen molar-refractivity contribution in [1.82, 2.24) is 0 Å². The van der Waals surface area contributed by atoms with Crippen LogP contribution in [0.2, 0.25) is 0 Å². The Balaban J connectivity index is 3.08. The van der Waals surface area contributed by atoms with E-state index >= 15 is 0 Å². The smallest absolute Gasteiger partial charge is 0.142 e. The molecule has 0 unspecified atom stereocenters. The Hall–Kier alpha value is -0.850. The summed E-state index contributed by atoms with van der Waals surface area (Å²) in [6.45, 7) is 2.13. The van der Waals surface area contributed by atoms with Crippen LogP contribution in [0.5, 0.6) is 0 Å². The van der Waals surface area contributed by atoms with Gasteiger partial charge >= 0.3 is 0 Å². The summed E-state index contributed by atoms with van der Waals surface area (Å²) in [5.41, 5.74) is 0. The lowest BCUT2D eigenvalue weighted by molar-refractivity contribution is -0.104. The Morgan fingerprint density at radius 1 is 1.09 bits per heavy atom. The molecule has 0 saturated heterocycles. The highest BCUT2D eigenvalue weighted by Gasteiger charge is 1.78. The molecule has 1 heteroatoms. The van der Waals surface area contributed by atoms with Crippen LogP contribution in [0.1, 0.15) is 32.6 Å². The van der Waals surface area contributed by atoms with Crippen LogP contribution in [0.4, 0.5) is 0 Å². The average Bonchev–Trinajstić information content (AvgIpc) is 2.03. The first-order chi connectivity index (χ1) is 5.41. The van der Waals surface area contributed by atoms with Crippen LogP contribution in [-0.2, 0) is 4.79 Å². The Labute approximate surface area is 68.8 Å². The largest absolute Gasteiger partial charge is 0.299 e. The molecule has 0 spiro atoms. The van der Waals surface area contributed by atoms with Gasteiger partial charge in [0, 0.05) is 0 Å². The second-order valence-corrected chi connectivity index (χ2v) is 2.37. The van der Waals surface area contributed by atoms with Gasteiger partial charge in [0.1, 0.15) is 6.29 Å². The van der Waals surface area contributed by atoms with E-state index in [1.165, 1.54) is 0 Å². The Bertz CT molecular complexity index is 134. The second-order valence-electron chi connectivity index (χ2n) is 2.37. The number of hydrogen-bond donors (Lipinski definition) is 0. The van der Waals surface area contributed by atoms with E-state index in [2.05, 4.69) is 19.1 Å². The molecule has 0 rings (SSSR count). The summed E-state index contributed by atoms with van der Waals surface area (Å²) in [5, 5.41) is 0. The Morgan fingerprint density at radius 2 is 1.82 bits per heavy atom. The summed E-state index contributed by atoms with van der Waals surface area (Å²) in [4.78, 5) is 9.84. The van der Waals surface area contributed by atoms with Crippen molar-refractivity contribution in [3.05, 3.63) is 24.3 Å². The number of carbonyl (C=O) groups is 1. The van der Waals surface area contributed by atoms with Gasteiger partial charge in [-0.3, -0.25) is 4.79 Å². The summed E-state index contributed by atoms with van der Waals surface area (Å²) < 4.78 is 0. The van der Waals surface area contributed by atoms with Crippen LogP contribution in [0.15, 0.2) is 24.3 Å². The molecular weight excluding hydrogens is 136 g/mol. The number of carbonyl (C=O) groups excluding carboxylic acids is 1. The molecule has 0 aliphatic heterocycles. The standard InChI is InChI=1S/C10H16O/c1-2-3-4-5-6-7-8-9-10-11/h3-4,8-10H,2,5-7H2,1H3/b4-3-,9-8+. The van der Waals surface area contributed by atoms with E-state index in [-0.39, 0.29) is 0 Å². The molecule has 0 aliphatic rings. The summed E-state index contributed by atoms with van der Waals surface area (Å²) in [6, 6.07) is 0. The van der Waals surface area contributed by atoms with E-state index in [0.717, 1.165) is 32.0 Å². The van der Waals surface area contributed by atoms with Crippen molar-refractivity contribution < 1.29 is 4.79 Å². The maximum absolute atomic E-state index is 9.84. The first-order valence-electron chi connectivity index (χ1n) is 4.17. The lowest BCUT2D eigenvalue weighted by Gasteiger charge is -1.87. The number of allylic oxidation sites excluding steroid dienone is 4. The molecule has 0 bridgehead atoms. The van der Waals surface area contributed by atoms with Crippen LogP contribution < -0.4 is 0 Å². The van der Waals surface area contributed by atoms with Gasteiger partial charge in [0.05, 0.1) is 0 Å². The Morgan fingerprint density at radius 3 is 2.45 bits per heavy atom. The normalized spacial score (nSPS) is 11.4. The van der Waals surface area contributed by atoms with Gasteiger partial charge in [-0.05, 0) is 31.8 Å². The quantitative estimate of drug-likeness (QED) is 0.247. The molecule has 0 fully saturated rings. The molecule has 0 heterocycles.